The minimum Gasteiger partial charge on any atom is -0.497 e. The molecule has 0 fully saturated rings. The Morgan fingerprint density at radius 1 is 1.05 bits per heavy atom. The van der Waals surface area contributed by atoms with Gasteiger partial charge in [-0.2, -0.15) is 0 Å². The van der Waals surface area contributed by atoms with Crippen molar-refractivity contribution in [2.45, 2.75) is 19.4 Å². The first-order valence-electron chi connectivity index (χ1n) is 7.20. The molecule has 2 aromatic rings. The van der Waals surface area contributed by atoms with E-state index in [1.165, 1.54) is 12.7 Å². The van der Waals surface area contributed by atoms with Gasteiger partial charge in [0, 0.05) is 11.7 Å². The summed E-state index contributed by atoms with van der Waals surface area (Å²) in [6.07, 6.45) is 0.869. The SMILES string of the molecule is COC(=O)c1ccc(CC(C)Nc2ccc(OC)cc2)cc1. The van der Waals surface area contributed by atoms with Crippen LogP contribution in [-0.2, 0) is 11.2 Å². The maximum Gasteiger partial charge on any atom is 0.337 e. The largest absolute Gasteiger partial charge is 0.497 e. The van der Waals surface area contributed by atoms with Crippen molar-refractivity contribution in [1.29, 1.82) is 0 Å². The number of benzene rings is 2. The van der Waals surface area contributed by atoms with Crippen molar-refractivity contribution in [2.75, 3.05) is 19.5 Å². The van der Waals surface area contributed by atoms with Gasteiger partial charge < -0.3 is 14.8 Å². The minimum atomic E-state index is -0.309. The molecule has 4 heteroatoms. The lowest BCUT2D eigenvalue weighted by Crippen LogP contribution is -2.18. The Bertz CT molecular complexity index is 605. The number of carbonyl (C=O) groups excluding carboxylic acids is 1. The first-order valence-corrected chi connectivity index (χ1v) is 7.20. The molecule has 0 radical (unpaired) electrons. The van der Waals surface area contributed by atoms with Crippen LogP contribution in [0.1, 0.15) is 22.8 Å². The first kappa shape index (κ1) is 15.9. The van der Waals surface area contributed by atoms with Crippen molar-refractivity contribution in [3.8, 4) is 5.75 Å². The molecule has 0 aliphatic carbocycles. The van der Waals surface area contributed by atoms with Gasteiger partial charge in [-0.25, -0.2) is 4.79 Å². The smallest absolute Gasteiger partial charge is 0.337 e. The topological polar surface area (TPSA) is 47.6 Å². The predicted molar refractivity (Wildman–Crippen MR) is 87.6 cm³/mol. The lowest BCUT2D eigenvalue weighted by Gasteiger charge is -2.16. The van der Waals surface area contributed by atoms with Gasteiger partial charge in [0.25, 0.3) is 0 Å². The zero-order valence-corrected chi connectivity index (χ0v) is 13.1. The average molecular weight is 299 g/mol. The molecule has 0 aliphatic heterocycles. The Balaban J connectivity index is 1.93. The Hall–Kier alpha value is -2.49. The number of nitrogens with one attached hydrogen (secondary N) is 1. The van der Waals surface area contributed by atoms with Crippen molar-refractivity contribution in [3.05, 3.63) is 59.7 Å². The second-order valence-corrected chi connectivity index (χ2v) is 5.17. The van der Waals surface area contributed by atoms with E-state index in [-0.39, 0.29) is 12.0 Å². The zero-order chi connectivity index (χ0) is 15.9. The van der Waals surface area contributed by atoms with Gasteiger partial charge in [0.05, 0.1) is 19.8 Å². The number of methoxy groups -OCH3 is 2. The first-order chi connectivity index (χ1) is 10.6. The molecule has 1 atom stereocenters. The highest BCUT2D eigenvalue weighted by Crippen LogP contribution is 2.17. The summed E-state index contributed by atoms with van der Waals surface area (Å²) in [6, 6.07) is 15.6. The van der Waals surface area contributed by atoms with Gasteiger partial charge >= 0.3 is 5.97 Å². The van der Waals surface area contributed by atoms with Crippen LogP contribution in [0, 0.1) is 0 Å². The van der Waals surface area contributed by atoms with Gasteiger partial charge in [0.1, 0.15) is 5.75 Å². The molecule has 0 amide bonds. The van der Waals surface area contributed by atoms with Crippen molar-refractivity contribution in [3.63, 3.8) is 0 Å². The Morgan fingerprint density at radius 2 is 1.68 bits per heavy atom. The molecule has 2 aromatic carbocycles. The third kappa shape index (κ3) is 4.25. The Labute approximate surface area is 131 Å². The number of carbonyl (C=O) groups is 1. The van der Waals surface area contributed by atoms with Gasteiger partial charge in [0.15, 0.2) is 0 Å². The van der Waals surface area contributed by atoms with Crippen molar-refractivity contribution < 1.29 is 14.3 Å². The highest BCUT2D eigenvalue weighted by molar-refractivity contribution is 5.89. The third-order valence-electron chi connectivity index (χ3n) is 3.42. The van der Waals surface area contributed by atoms with Crippen molar-refractivity contribution in [1.82, 2.24) is 0 Å². The number of ether oxygens (including phenoxy) is 2. The fourth-order valence-electron chi connectivity index (χ4n) is 2.27. The summed E-state index contributed by atoms with van der Waals surface area (Å²) in [6.45, 7) is 2.12. The number of rotatable bonds is 6. The van der Waals surface area contributed by atoms with Crippen LogP contribution < -0.4 is 10.1 Å². The van der Waals surface area contributed by atoms with Gasteiger partial charge in [0.2, 0.25) is 0 Å². The molecule has 0 saturated carbocycles. The standard InChI is InChI=1S/C18H21NO3/c1-13(19-16-8-10-17(21-2)11-9-16)12-14-4-6-15(7-5-14)18(20)22-3/h4-11,13,19H,12H2,1-3H3. The summed E-state index contributed by atoms with van der Waals surface area (Å²) in [4.78, 5) is 11.4. The maximum absolute atomic E-state index is 11.4. The van der Waals surface area contributed by atoms with Crippen LogP contribution in [0.5, 0.6) is 5.75 Å². The van der Waals surface area contributed by atoms with E-state index in [4.69, 9.17) is 9.47 Å². The van der Waals surface area contributed by atoms with E-state index in [2.05, 4.69) is 12.2 Å². The van der Waals surface area contributed by atoms with Crippen LogP contribution in [0.4, 0.5) is 5.69 Å². The average Bonchev–Trinajstić information content (AvgIpc) is 2.55. The normalized spacial score (nSPS) is 11.6. The molecule has 0 aromatic heterocycles. The van der Waals surface area contributed by atoms with Crippen molar-refractivity contribution >= 4 is 11.7 Å². The van der Waals surface area contributed by atoms with Gasteiger partial charge in [-0.3, -0.25) is 0 Å². The molecule has 1 N–H and O–H groups in total. The quantitative estimate of drug-likeness (QED) is 0.829. The van der Waals surface area contributed by atoms with Crippen LogP contribution >= 0.6 is 0 Å². The number of anilines is 1. The van der Waals surface area contributed by atoms with Gasteiger partial charge in [-0.15, -0.1) is 0 Å². The van der Waals surface area contributed by atoms with E-state index < -0.39 is 0 Å². The lowest BCUT2D eigenvalue weighted by molar-refractivity contribution is 0.0600. The summed E-state index contributed by atoms with van der Waals surface area (Å²) in [7, 11) is 3.04. The number of hydrogen-bond acceptors (Lipinski definition) is 4. The molecular weight excluding hydrogens is 278 g/mol. The Morgan fingerprint density at radius 3 is 2.23 bits per heavy atom. The fourth-order valence-corrected chi connectivity index (χ4v) is 2.27. The summed E-state index contributed by atoms with van der Waals surface area (Å²) in [5.41, 5.74) is 2.79. The molecule has 0 bridgehead atoms. The molecule has 0 spiro atoms. The monoisotopic (exact) mass is 299 g/mol. The summed E-state index contributed by atoms with van der Waals surface area (Å²) >= 11 is 0. The van der Waals surface area contributed by atoms with E-state index >= 15 is 0 Å². The summed E-state index contributed by atoms with van der Waals surface area (Å²) in [5.74, 6) is 0.535. The zero-order valence-electron chi connectivity index (χ0n) is 13.1. The van der Waals surface area contributed by atoms with Crippen LogP contribution in [-0.4, -0.2) is 26.2 Å². The van der Waals surface area contributed by atoms with E-state index in [0.29, 0.717) is 5.56 Å². The minimum absolute atomic E-state index is 0.275. The molecule has 0 saturated heterocycles. The molecule has 116 valence electrons. The van der Waals surface area contributed by atoms with Crippen LogP contribution in [0.25, 0.3) is 0 Å². The van der Waals surface area contributed by atoms with Crippen LogP contribution in [0.3, 0.4) is 0 Å². The molecule has 2 rings (SSSR count). The third-order valence-corrected chi connectivity index (χ3v) is 3.42. The maximum atomic E-state index is 11.4. The van der Waals surface area contributed by atoms with E-state index in [0.717, 1.165) is 17.9 Å². The number of hydrogen-bond donors (Lipinski definition) is 1. The van der Waals surface area contributed by atoms with Gasteiger partial charge in [-0.1, -0.05) is 12.1 Å². The fraction of sp³-hybridized carbons (Fsp3) is 0.278. The number of esters is 1. The molecule has 4 nitrogen and oxygen atoms in total. The van der Waals surface area contributed by atoms with Crippen LogP contribution in [0.2, 0.25) is 0 Å². The van der Waals surface area contributed by atoms with E-state index in [1.54, 1.807) is 19.2 Å². The van der Waals surface area contributed by atoms with Gasteiger partial charge in [-0.05, 0) is 55.3 Å². The van der Waals surface area contributed by atoms with E-state index in [9.17, 15) is 4.79 Å². The lowest BCUT2D eigenvalue weighted by atomic mass is 10.0. The van der Waals surface area contributed by atoms with Crippen molar-refractivity contribution in [2.24, 2.45) is 0 Å². The second-order valence-electron chi connectivity index (χ2n) is 5.17. The highest BCUT2D eigenvalue weighted by Gasteiger charge is 2.07. The molecule has 0 heterocycles. The molecule has 22 heavy (non-hydrogen) atoms. The molecule has 1 unspecified atom stereocenters. The molecule has 0 aliphatic rings. The predicted octanol–water partition coefficient (Wildman–Crippen LogP) is 3.52. The molecular formula is C18H21NO3. The summed E-state index contributed by atoms with van der Waals surface area (Å²) < 4.78 is 9.84. The Kier molecular flexibility index (Phi) is 5.42. The summed E-state index contributed by atoms with van der Waals surface area (Å²) in [5, 5.41) is 3.44. The highest BCUT2D eigenvalue weighted by atomic mass is 16.5. The second kappa shape index (κ2) is 7.50. The van der Waals surface area contributed by atoms with E-state index in [1.807, 2.05) is 36.4 Å². The van der Waals surface area contributed by atoms with Crippen LogP contribution in [0.15, 0.2) is 48.5 Å².